The largest absolute Gasteiger partial charge is 0.451 e. The number of likely N-dealkylation sites (N-methyl/N-ethyl adjacent to an activating group) is 1. The maximum Gasteiger partial charge on any atom is 0.359 e. The third-order valence-corrected chi connectivity index (χ3v) is 5.11. The van der Waals surface area contributed by atoms with E-state index in [1.807, 2.05) is 31.2 Å². The van der Waals surface area contributed by atoms with Gasteiger partial charge in [0.1, 0.15) is 0 Å². The predicted octanol–water partition coefficient (Wildman–Crippen LogP) is 3.38. The lowest BCUT2D eigenvalue weighted by atomic mass is 10.1. The number of halogens is 1. The topological polar surface area (TPSA) is 81.5 Å². The highest BCUT2D eigenvalue weighted by Gasteiger charge is 2.20. The van der Waals surface area contributed by atoms with Crippen molar-refractivity contribution >= 4 is 38.6 Å². The van der Waals surface area contributed by atoms with Crippen molar-refractivity contribution in [2.24, 2.45) is 0 Å². The Hall–Kier alpha value is -3.00. The van der Waals surface area contributed by atoms with E-state index in [1.165, 1.54) is 9.58 Å². The van der Waals surface area contributed by atoms with Crippen LogP contribution in [-0.4, -0.2) is 40.2 Å². The van der Waals surface area contributed by atoms with E-state index in [4.69, 9.17) is 4.74 Å². The summed E-state index contributed by atoms with van der Waals surface area (Å²) in [5.41, 5.74) is 0.732. The van der Waals surface area contributed by atoms with E-state index >= 15 is 0 Å². The van der Waals surface area contributed by atoms with Crippen LogP contribution in [0.5, 0.6) is 0 Å². The van der Waals surface area contributed by atoms with Crippen molar-refractivity contribution in [2.45, 2.75) is 26.4 Å². The van der Waals surface area contributed by atoms with Crippen LogP contribution in [0.25, 0.3) is 10.8 Å². The summed E-state index contributed by atoms with van der Waals surface area (Å²) in [7, 11) is 1.65. The van der Waals surface area contributed by atoms with Gasteiger partial charge in [0.2, 0.25) is 0 Å². The van der Waals surface area contributed by atoms with Crippen molar-refractivity contribution in [3.63, 3.8) is 0 Å². The first kappa shape index (κ1) is 21.7. The Morgan fingerprint density at radius 3 is 2.43 bits per heavy atom. The summed E-state index contributed by atoms with van der Waals surface area (Å²) in [6, 6.07) is 14.4. The Morgan fingerprint density at radius 1 is 1.10 bits per heavy atom. The molecule has 0 atom stereocenters. The monoisotopic (exact) mass is 471 g/mol. The van der Waals surface area contributed by atoms with E-state index in [2.05, 4.69) is 21.0 Å². The number of nitrogens with zero attached hydrogens (tertiary/aromatic N) is 3. The molecule has 8 heteroatoms. The van der Waals surface area contributed by atoms with Crippen LogP contribution in [0.4, 0.5) is 0 Å². The van der Waals surface area contributed by atoms with Gasteiger partial charge >= 0.3 is 5.97 Å². The average molecular weight is 472 g/mol. The number of carbonyl (C=O) groups is 2. The van der Waals surface area contributed by atoms with Gasteiger partial charge in [0.25, 0.3) is 11.5 Å². The summed E-state index contributed by atoms with van der Waals surface area (Å²) in [6.07, 6.45) is 0.694. The first-order valence-electron chi connectivity index (χ1n) is 9.56. The molecule has 1 aromatic heterocycles. The number of benzene rings is 2. The molecule has 30 heavy (non-hydrogen) atoms. The molecule has 1 amide bonds. The number of fused-ring (bicyclic) bond motifs is 1. The molecule has 0 N–H and O–H groups in total. The summed E-state index contributed by atoms with van der Waals surface area (Å²) < 4.78 is 7.45. The highest BCUT2D eigenvalue weighted by atomic mass is 79.9. The molecule has 1 heterocycles. The van der Waals surface area contributed by atoms with Gasteiger partial charge in [-0.15, -0.1) is 0 Å². The summed E-state index contributed by atoms with van der Waals surface area (Å²) >= 11 is 3.37. The highest BCUT2D eigenvalue weighted by molar-refractivity contribution is 9.10. The lowest BCUT2D eigenvalue weighted by molar-refractivity contribution is -0.133. The summed E-state index contributed by atoms with van der Waals surface area (Å²) in [5, 5.41) is 5.00. The summed E-state index contributed by atoms with van der Waals surface area (Å²) in [6.45, 7) is 2.29. The van der Waals surface area contributed by atoms with E-state index in [-0.39, 0.29) is 17.2 Å². The molecule has 0 saturated heterocycles. The maximum absolute atomic E-state index is 12.7. The fourth-order valence-corrected chi connectivity index (χ4v) is 3.27. The van der Waals surface area contributed by atoms with Crippen molar-refractivity contribution in [3.05, 3.63) is 74.6 Å². The minimum Gasteiger partial charge on any atom is -0.451 e. The van der Waals surface area contributed by atoms with E-state index in [0.717, 1.165) is 10.0 Å². The number of esters is 1. The van der Waals surface area contributed by atoms with E-state index < -0.39 is 12.6 Å². The summed E-state index contributed by atoms with van der Waals surface area (Å²) in [5.74, 6) is -1.07. The van der Waals surface area contributed by atoms with Crippen LogP contribution in [0.15, 0.2) is 57.8 Å². The van der Waals surface area contributed by atoms with Crippen molar-refractivity contribution < 1.29 is 14.3 Å². The molecule has 2 aromatic carbocycles. The molecule has 0 fully saturated rings. The molecule has 156 valence electrons. The van der Waals surface area contributed by atoms with Crippen LogP contribution in [0, 0.1) is 0 Å². The van der Waals surface area contributed by atoms with Gasteiger partial charge in [-0.1, -0.05) is 53.2 Å². The molecular formula is C22H22BrN3O4. The normalized spacial score (nSPS) is 10.8. The maximum atomic E-state index is 12.7. The zero-order valence-electron chi connectivity index (χ0n) is 16.8. The van der Waals surface area contributed by atoms with Crippen molar-refractivity contribution in [2.75, 3.05) is 13.7 Å². The second-order valence-corrected chi connectivity index (χ2v) is 7.79. The quantitative estimate of drug-likeness (QED) is 0.493. The molecule has 0 aliphatic rings. The second kappa shape index (κ2) is 9.67. The molecular weight excluding hydrogens is 450 g/mol. The van der Waals surface area contributed by atoms with E-state index in [0.29, 0.717) is 30.3 Å². The first-order valence-corrected chi connectivity index (χ1v) is 10.4. The van der Waals surface area contributed by atoms with E-state index in [1.54, 1.807) is 31.3 Å². The van der Waals surface area contributed by atoms with Gasteiger partial charge in [0, 0.05) is 30.0 Å². The Bertz CT molecular complexity index is 1130. The van der Waals surface area contributed by atoms with Gasteiger partial charge in [-0.05, 0) is 30.2 Å². The van der Waals surface area contributed by atoms with Crippen LogP contribution < -0.4 is 5.56 Å². The average Bonchev–Trinajstić information content (AvgIpc) is 2.75. The number of aryl methyl sites for hydroxylation is 1. The fraction of sp³-hybridized carbons (Fsp3) is 0.273. The molecule has 0 saturated carbocycles. The smallest absolute Gasteiger partial charge is 0.359 e. The number of hydrogen-bond donors (Lipinski definition) is 0. The molecule has 3 aromatic rings. The third kappa shape index (κ3) is 4.94. The Kier molecular flexibility index (Phi) is 6.99. The summed E-state index contributed by atoms with van der Waals surface area (Å²) in [4.78, 5) is 39.1. The zero-order valence-corrected chi connectivity index (χ0v) is 18.4. The van der Waals surface area contributed by atoms with Gasteiger partial charge in [-0.2, -0.15) is 5.10 Å². The van der Waals surface area contributed by atoms with Crippen LogP contribution >= 0.6 is 15.9 Å². The minimum atomic E-state index is -0.735. The molecule has 3 rings (SSSR count). The molecule has 0 spiro atoms. The SMILES string of the molecule is CCCn1nc(C(=O)OCC(=O)N(C)Cc2ccc(Br)cc2)c2ccccc2c1=O. The Morgan fingerprint density at radius 2 is 1.77 bits per heavy atom. The highest BCUT2D eigenvalue weighted by Crippen LogP contribution is 2.15. The van der Waals surface area contributed by atoms with Gasteiger partial charge in [-0.25, -0.2) is 9.48 Å². The van der Waals surface area contributed by atoms with Gasteiger partial charge in [0.15, 0.2) is 12.3 Å². The number of ether oxygens (including phenoxy) is 1. The van der Waals surface area contributed by atoms with Crippen LogP contribution in [-0.2, 0) is 22.6 Å². The molecule has 0 radical (unpaired) electrons. The number of rotatable bonds is 7. The number of carbonyl (C=O) groups excluding carboxylic acids is 2. The van der Waals surface area contributed by atoms with Crippen molar-refractivity contribution in [1.29, 1.82) is 0 Å². The lowest BCUT2D eigenvalue weighted by Gasteiger charge is -2.17. The van der Waals surface area contributed by atoms with Crippen molar-refractivity contribution in [1.82, 2.24) is 14.7 Å². The predicted molar refractivity (Wildman–Crippen MR) is 117 cm³/mol. The third-order valence-electron chi connectivity index (χ3n) is 4.58. The fourth-order valence-electron chi connectivity index (χ4n) is 3.01. The molecule has 7 nitrogen and oxygen atoms in total. The van der Waals surface area contributed by atoms with Gasteiger partial charge in [-0.3, -0.25) is 9.59 Å². The van der Waals surface area contributed by atoms with E-state index in [9.17, 15) is 14.4 Å². The minimum absolute atomic E-state index is 0.0296. The van der Waals surface area contributed by atoms with Gasteiger partial charge < -0.3 is 9.64 Å². The molecule has 0 aliphatic carbocycles. The van der Waals surface area contributed by atoms with Crippen LogP contribution in [0.1, 0.15) is 29.4 Å². The first-order chi connectivity index (χ1) is 14.4. The lowest BCUT2D eigenvalue weighted by Crippen LogP contribution is -2.31. The number of hydrogen-bond acceptors (Lipinski definition) is 5. The standard InChI is InChI=1S/C22H22BrN3O4/c1-3-12-26-21(28)18-7-5-4-6-17(18)20(24-26)22(29)30-14-19(27)25(2)13-15-8-10-16(23)11-9-15/h4-11H,3,12-14H2,1-2H3. The molecule has 0 unspecified atom stereocenters. The molecule has 0 aliphatic heterocycles. The Labute approximate surface area is 182 Å². The molecule has 0 bridgehead atoms. The van der Waals surface area contributed by atoms with Crippen LogP contribution in [0.3, 0.4) is 0 Å². The number of aromatic nitrogens is 2. The van der Waals surface area contributed by atoms with Gasteiger partial charge in [0.05, 0.1) is 5.39 Å². The van der Waals surface area contributed by atoms with Crippen molar-refractivity contribution in [3.8, 4) is 0 Å². The second-order valence-electron chi connectivity index (χ2n) is 6.87. The van der Waals surface area contributed by atoms with Crippen LogP contribution in [0.2, 0.25) is 0 Å². The Balaban J connectivity index is 1.73. The zero-order chi connectivity index (χ0) is 21.7. The number of amides is 1.